The summed E-state index contributed by atoms with van der Waals surface area (Å²) in [6.07, 6.45) is 5.26. The number of rotatable bonds is 2. The van der Waals surface area contributed by atoms with E-state index in [0.717, 1.165) is 5.92 Å². The fraction of sp³-hybridized carbons (Fsp3) is 0.647. The molecule has 1 N–H and O–H groups in total. The molecule has 1 aliphatic carbocycles. The Hall–Kier alpha value is -0.860. The van der Waals surface area contributed by atoms with Gasteiger partial charge in [0, 0.05) is 18.6 Å². The second kappa shape index (κ2) is 5.64. The van der Waals surface area contributed by atoms with Crippen LogP contribution in [0.3, 0.4) is 0 Å². The number of nitrogens with zero attached hydrogens (tertiary/aromatic N) is 1. The second-order valence-electron chi connectivity index (χ2n) is 6.31. The topological polar surface area (TPSA) is 15.3 Å². The van der Waals surface area contributed by atoms with Crippen molar-refractivity contribution in [3.05, 3.63) is 35.4 Å². The summed E-state index contributed by atoms with van der Waals surface area (Å²) in [4.78, 5) is 2.73. The van der Waals surface area contributed by atoms with Gasteiger partial charge in [0.1, 0.15) is 0 Å². The van der Waals surface area contributed by atoms with Crippen LogP contribution < -0.4 is 5.32 Å². The number of hydrogen-bond donors (Lipinski definition) is 1. The van der Waals surface area contributed by atoms with E-state index in [0.29, 0.717) is 12.1 Å². The molecule has 0 bridgehead atoms. The average molecular weight is 258 g/mol. The Morgan fingerprint density at radius 2 is 2.05 bits per heavy atom. The zero-order chi connectivity index (χ0) is 13.2. The highest BCUT2D eigenvalue weighted by atomic mass is 15.2. The predicted octanol–water partition coefficient (Wildman–Crippen LogP) is 2.99. The van der Waals surface area contributed by atoms with Crippen LogP contribution in [-0.2, 0) is 6.42 Å². The van der Waals surface area contributed by atoms with Gasteiger partial charge >= 0.3 is 0 Å². The van der Waals surface area contributed by atoms with Gasteiger partial charge in [-0.05, 0) is 56.3 Å². The Bertz CT molecular complexity index is 429. The van der Waals surface area contributed by atoms with Crippen molar-refractivity contribution in [1.29, 1.82) is 0 Å². The van der Waals surface area contributed by atoms with Gasteiger partial charge in [-0.25, -0.2) is 0 Å². The van der Waals surface area contributed by atoms with Gasteiger partial charge in [0.25, 0.3) is 0 Å². The lowest BCUT2D eigenvalue weighted by molar-refractivity contribution is 0.181. The molecule has 2 heteroatoms. The van der Waals surface area contributed by atoms with Crippen molar-refractivity contribution in [1.82, 2.24) is 10.2 Å². The lowest BCUT2D eigenvalue weighted by Crippen LogP contribution is -2.42. The molecule has 104 valence electrons. The quantitative estimate of drug-likeness (QED) is 0.820. The molecule has 19 heavy (non-hydrogen) atoms. The lowest BCUT2D eigenvalue weighted by Gasteiger charge is -2.34. The molecule has 1 aromatic carbocycles. The summed E-state index contributed by atoms with van der Waals surface area (Å²) in [6, 6.07) is 10.2. The van der Waals surface area contributed by atoms with Crippen LogP contribution in [0.1, 0.15) is 43.4 Å². The highest BCUT2D eigenvalue weighted by Crippen LogP contribution is 2.34. The number of aryl methyl sites for hydroxylation is 1. The van der Waals surface area contributed by atoms with Crippen molar-refractivity contribution in [2.45, 2.75) is 44.7 Å². The first kappa shape index (κ1) is 13.1. The minimum absolute atomic E-state index is 0.504. The fourth-order valence-corrected chi connectivity index (χ4v) is 3.95. The van der Waals surface area contributed by atoms with E-state index in [2.05, 4.69) is 48.5 Å². The smallest absolute Gasteiger partial charge is 0.0478 e. The zero-order valence-corrected chi connectivity index (χ0v) is 12.2. The van der Waals surface area contributed by atoms with Gasteiger partial charge in [-0.2, -0.15) is 0 Å². The van der Waals surface area contributed by atoms with Crippen LogP contribution >= 0.6 is 0 Å². The molecule has 3 unspecified atom stereocenters. The molecule has 3 rings (SSSR count). The number of benzene rings is 1. The maximum Gasteiger partial charge on any atom is 0.0478 e. The summed E-state index contributed by atoms with van der Waals surface area (Å²) in [5.41, 5.74) is 3.09. The fourth-order valence-electron chi connectivity index (χ4n) is 3.95. The molecule has 1 saturated heterocycles. The highest BCUT2D eigenvalue weighted by molar-refractivity contribution is 5.32. The molecule has 0 amide bonds. The first-order valence-corrected chi connectivity index (χ1v) is 7.78. The van der Waals surface area contributed by atoms with Crippen LogP contribution in [0.25, 0.3) is 0 Å². The Morgan fingerprint density at radius 1 is 1.21 bits per heavy atom. The van der Waals surface area contributed by atoms with E-state index >= 15 is 0 Å². The van der Waals surface area contributed by atoms with Gasteiger partial charge in [0.15, 0.2) is 0 Å². The molecule has 1 aromatic rings. The molecule has 3 atom stereocenters. The monoisotopic (exact) mass is 258 g/mol. The Kier molecular flexibility index (Phi) is 3.90. The van der Waals surface area contributed by atoms with Crippen molar-refractivity contribution in [3.8, 4) is 0 Å². The first-order valence-electron chi connectivity index (χ1n) is 7.78. The van der Waals surface area contributed by atoms with Crippen LogP contribution in [0.4, 0.5) is 0 Å². The number of fused-ring (bicyclic) bond motifs is 1. The highest BCUT2D eigenvalue weighted by Gasteiger charge is 2.33. The van der Waals surface area contributed by atoms with E-state index in [1.165, 1.54) is 44.3 Å². The normalized spacial score (nSPS) is 32.0. The third-order valence-electron chi connectivity index (χ3n) is 4.96. The summed E-state index contributed by atoms with van der Waals surface area (Å²) in [6.45, 7) is 4.95. The summed E-state index contributed by atoms with van der Waals surface area (Å²) >= 11 is 0. The molecule has 0 saturated carbocycles. The minimum Gasteiger partial charge on any atom is -0.312 e. The molecule has 0 spiro atoms. The molecule has 0 aromatic heterocycles. The number of likely N-dealkylation sites (N-methyl/N-ethyl adjacent to an activating group) is 1. The maximum absolute atomic E-state index is 3.60. The van der Waals surface area contributed by atoms with Crippen LogP contribution in [0.5, 0.6) is 0 Å². The average Bonchev–Trinajstić information content (AvgIpc) is 2.76. The van der Waals surface area contributed by atoms with Crippen molar-refractivity contribution >= 4 is 0 Å². The molecule has 2 aliphatic rings. The van der Waals surface area contributed by atoms with E-state index in [4.69, 9.17) is 0 Å². The van der Waals surface area contributed by atoms with E-state index in [-0.39, 0.29) is 0 Å². The molecule has 1 heterocycles. The standard InChI is InChI=1S/C17H26N2/c1-13-10-11-19(12-13)16-9-5-7-14-6-3-4-8-15(14)17(16)18-2/h3-4,6,8,13,16-18H,5,7,9-12H2,1-2H3. The van der Waals surface area contributed by atoms with Gasteiger partial charge in [-0.3, -0.25) is 4.90 Å². The van der Waals surface area contributed by atoms with Crippen molar-refractivity contribution < 1.29 is 0 Å². The zero-order valence-electron chi connectivity index (χ0n) is 12.2. The Morgan fingerprint density at radius 3 is 2.79 bits per heavy atom. The SMILES string of the molecule is CNC1c2ccccc2CCCC1N1CCC(C)C1. The molecule has 2 nitrogen and oxygen atoms in total. The number of hydrogen-bond acceptors (Lipinski definition) is 2. The minimum atomic E-state index is 0.504. The first-order chi connectivity index (χ1) is 9.29. The predicted molar refractivity (Wildman–Crippen MR) is 80.3 cm³/mol. The van der Waals surface area contributed by atoms with Crippen molar-refractivity contribution in [3.63, 3.8) is 0 Å². The number of likely N-dealkylation sites (tertiary alicyclic amines) is 1. The third kappa shape index (κ3) is 2.56. The lowest BCUT2D eigenvalue weighted by atomic mass is 9.95. The van der Waals surface area contributed by atoms with Gasteiger partial charge in [0.05, 0.1) is 0 Å². The summed E-state index contributed by atoms with van der Waals surface area (Å²) < 4.78 is 0. The second-order valence-corrected chi connectivity index (χ2v) is 6.31. The van der Waals surface area contributed by atoms with Crippen molar-refractivity contribution in [2.24, 2.45) is 5.92 Å². The van der Waals surface area contributed by atoms with Crippen LogP contribution in [-0.4, -0.2) is 31.1 Å². The number of nitrogens with one attached hydrogen (secondary N) is 1. The molecular formula is C17H26N2. The van der Waals surface area contributed by atoms with E-state index in [1.54, 1.807) is 5.56 Å². The van der Waals surface area contributed by atoms with E-state index in [1.807, 2.05) is 0 Å². The van der Waals surface area contributed by atoms with Crippen LogP contribution in [0, 0.1) is 5.92 Å². The van der Waals surface area contributed by atoms with Gasteiger partial charge in [-0.1, -0.05) is 31.2 Å². The van der Waals surface area contributed by atoms with Gasteiger partial charge < -0.3 is 5.32 Å². The van der Waals surface area contributed by atoms with E-state index in [9.17, 15) is 0 Å². The van der Waals surface area contributed by atoms with Crippen molar-refractivity contribution in [2.75, 3.05) is 20.1 Å². The molecular weight excluding hydrogens is 232 g/mol. The van der Waals surface area contributed by atoms with Gasteiger partial charge in [-0.15, -0.1) is 0 Å². The summed E-state index contributed by atoms with van der Waals surface area (Å²) in [7, 11) is 2.12. The van der Waals surface area contributed by atoms with Gasteiger partial charge in [0.2, 0.25) is 0 Å². The molecule has 0 radical (unpaired) electrons. The van der Waals surface area contributed by atoms with Crippen LogP contribution in [0.2, 0.25) is 0 Å². The summed E-state index contributed by atoms with van der Waals surface area (Å²) in [5.74, 6) is 0.871. The van der Waals surface area contributed by atoms with E-state index < -0.39 is 0 Å². The molecule has 1 fully saturated rings. The largest absolute Gasteiger partial charge is 0.312 e. The molecule has 1 aliphatic heterocycles. The van der Waals surface area contributed by atoms with Crippen LogP contribution in [0.15, 0.2) is 24.3 Å². The Labute approximate surface area is 117 Å². The maximum atomic E-state index is 3.60. The Balaban J connectivity index is 1.89. The third-order valence-corrected chi connectivity index (χ3v) is 4.96. The summed E-state index contributed by atoms with van der Waals surface area (Å²) in [5, 5.41) is 3.60.